The lowest BCUT2D eigenvalue weighted by Gasteiger charge is -2.15. The Morgan fingerprint density at radius 2 is 2.12 bits per heavy atom. The summed E-state index contributed by atoms with van der Waals surface area (Å²) in [6.07, 6.45) is -1.01. The maximum absolute atomic E-state index is 12.2. The van der Waals surface area contributed by atoms with E-state index >= 15 is 0 Å². The average Bonchev–Trinajstić information content (AvgIpc) is 3.19. The van der Waals surface area contributed by atoms with Crippen LogP contribution in [-0.2, 0) is 14.3 Å². The zero-order valence-corrected chi connectivity index (χ0v) is 14.8. The summed E-state index contributed by atoms with van der Waals surface area (Å²) in [5.41, 5.74) is 1.06. The van der Waals surface area contributed by atoms with Crippen molar-refractivity contribution in [3.63, 3.8) is 0 Å². The van der Waals surface area contributed by atoms with Crippen molar-refractivity contribution in [1.82, 2.24) is 15.2 Å². The molecule has 0 aliphatic carbocycles. The Morgan fingerprint density at radius 1 is 1.35 bits per heavy atom. The van der Waals surface area contributed by atoms with E-state index < -0.39 is 18.0 Å². The van der Waals surface area contributed by atoms with Crippen molar-refractivity contribution in [3.8, 4) is 0 Å². The minimum atomic E-state index is -1.01. The number of esters is 1. The molecule has 0 radical (unpaired) electrons. The predicted molar refractivity (Wildman–Crippen MR) is 95.8 cm³/mol. The minimum Gasteiger partial charge on any atom is -0.448 e. The molecule has 0 bridgehead atoms. The number of imide groups is 1. The van der Waals surface area contributed by atoms with E-state index in [1.54, 1.807) is 6.07 Å². The number of H-pyrrole nitrogens is 1. The molecule has 1 saturated heterocycles. The molecule has 2 N–H and O–H groups in total. The van der Waals surface area contributed by atoms with Gasteiger partial charge in [0.2, 0.25) is 5.91 Å². The van der Waals surface area contributed by atoms with Crippen molar-refractivity contribution in [1.29, 1.82) is 0 Å². The van der Waals surface area contributed by atoms with Crippen LogP contribution in [0.4, 0.5) is 4.79 Å². The number of benzene rings is 1. The lowest BCUT2D eigenvalue weighted by Crippen LogP contribution is -2.41. The Balaban J connectivity index is 1.49. The fourth-order valence-electron chi connectivity index (χ4n) is 2.49. The zero-order valence-electron chi connectivity index (χ0n) is 14.0. The number of rotatable bonds is 6. The van der Waals surface area contributed by atoms with Gasteiger partial charge in [-0.1, -0.05) is 30.0 Å². The van der Waals surface area contributed by atoms with Crippen molar-refractivity contribution >= 4 is 45.7 Å². The molecule has 0 unspecified atom stereocenters. The second kappa shape index (κ2) is 7.61. The van der Waals surface area contributed by atoms with Crippen LogP contribution in [0.25, 0.3) is 10.9 Å². The number of ether oxygens (including phenoxy) is 1. The summed E-state index contributed by atoms with van der Waals surface area (Å²) in [6.45, 7) is 1.65. The monoisotopic (exact) mass is 375 g/mol. The number of carbonyl (C=O) groups excluding carboxylic acids is 4. The van der Waals surface area contributed by atoms with E-state index in [1.807, 2.05) is 24.3 Å². The number of nitrogens with zero attached hydrogens (tertiary/aromatic N) is 1. The number of carbonyl (C=O) groups is 4. The van der Waals surface area contributed by atoms with Crippen molar-refractivity contribution in [2.24, 2.45) is 0 Å². The number of para-hydroxylation sites is 1. The van der Waals surface area contributed by atoms with Crippen LogP contribution in [0.15, 0.2) is 30.3 Å². The molecule has 1 aromatic carbocycles. The second-order valence-electron chi connectivity index (χ2n) is 5.71. The van der Waals surface area contributed by atoms with Crippen molar-refractivity contribution in [3.05, 3.63) is 36.0 Å². The molecule has 2 heterocycles. The Morgan fingerprint density at radius 3 is 2.81 bits per heavy atom. The van der Waals surface area contributed by atoms with Gasteiger partial charge in [-0.05, 0) is 19.1 Å². The third kappa shape index (κ3) is 3.88. The van der Waals surface area contributed by atoms with E-state index in [0.29, 0.717) is 0 Å². The molecule has 0 saturated carbocycles. The normalized spacial score (nSPS) is 15.3. The van der Waals surface area contributed by atoms with Crippen molar-refractivity contribution < 1.29 is 23.9 Å². The van der Waals surface area contributed by atoms with Gasteiger partial charge in [0.15, 0.2) is 6.10 Å². The van der Waals surface area contributed by atoms with Crippen LogP contribution in [0.3, 0.4) is 0 Å². The first-order chi connectivity index (χ1) is 12.5. The van der Waals surface area contributed by atoms with Crippen LogP contribution < -0.4 is 5.32 Å². The molecule has 1 aromatic heterocycles. The number of nitrogens with one attached hydrogen (secondary N) is 2. The standard InChI is InChI=1S/C17H17N3O5S/c1-10(15(22)18-6-7-20-14(21)9-26-17(20)24)25-16(23)13-8-11-4-2-3-5-12(11)19-13/h2-5,8,10,19H,6-7,9H2,1H3,(H,18,22)/t10-/m0/s1. The summed E-state index contributed by atoms with van der Waals surface area (Å²) in [6, 6.07) is 9.05. The van der Waals surface area contributed by atoms with Crippen LogP contribution in [0, 0.1) is 0 Å². The topological polar surface area (TPSA) is 109 Å². The largest absolute Gasteiger partial charge is 0.448 e. The van der Waals surface area contributed by atoms with Gasteiger partial charge in [0.25, 0.3) is 11.1 Å². The maximum Gasteiger partial charge on any atom is 0.355 e. The maximum atomic E-state index is 12.2. The fourth-order valence-corrected chi connectivity index (χ4v) is 3.24. The van der Waals surface area contributed by atoms with E-state index in [2.05, 4.69) is 10.3 Å². The Labute approximate surface area is 153 Å². The molecule has 136 valence electrons. The molecule has 1 aliphatic rings. The quantitative estimate of drug-likeness (QED) is 0.741. The highest BCUT2D eigenvalue weighted by atomic mass is 32.2. The van der Waals surface area contributed by atoms with Crippen LogP contribution >= 0.6 is 11.8 Å². The minimum absolute atomic E-state index is 0.0963. The van der Waals surface area contributed by atoms with E-state index in [9.17, 15) is 19.2 Å². The number of hydrogen-bond donors (Lipinski definition) is 2. The van der Waals surface area contributed by atoms with E-state index in [0.717, 1.165) is 27.6 Å². The van der Waals surface area contributed by atoms with E-state index in [1.165, 1.54) is 6.92 Å². The molecule has 26 heavy (non-hydrogen) atoms. The first-order valence-corrected chi connectivity index (χ1v) is 8.98. The van der Waals surface area contributed by atoms with Crippen molar-refractivity contribution in [2.45, 2.75) is 13.0 Å². The van der Waals surface area contributed by atoms with Crippen LogP contribution in [0.1, 0.15) is 17.4 Å². The van der Waals surface area contributed by atoms with Crippen LogP contribution in [-0.4, -0.2) is 57.9 Å². The summed E-state index contributed by atoms with van der Waals surface area (Å²) >= 11 is 0.938. The molecule has 2 aromatic rings. The first-order valence-electron chi connectivity index (χ1n) is 7.99. The molecular weight excluding hydrogens is 358 g/mol. The van der Waals surface area contributed by atoms with E-state index in [4.69, 9.17) is 4.74 Å². The Kier molecular flexibility index (Phi) is 5.27. The molecule has 9 heteroatoms. The Hall–Kier alpha value is -2.81. The fraction of sp³-hybridized carbons (Fsp3) is 0.294. The SMILES string of the molecule is C[C@H](OC(=O)c1cc2ccccc2[nH]1)C(=O)NCCN1C(=O)CSC1=O. The number of amides is 3. The van der Waals surface area contributed by atoms with Gasteiger partial charge in [-0.3, -0.25) is 19.3 Å². The summed E-state index contributed by atoms with van der Waals surface area (Å²) in [5, 5.41) is 3.10. The predicted octanol–water partition coefficient (Wildman–Crippen LogP) is 1.52. The van der Waals surface area contributed by atoms with Gasteiger partial charge in [-0.25, -0.2) is 4.79 Å². The van der Waals surface area contributed by atoms with E-state index in [-0.39, 0.29) is 35.7 Å². The molecule has 8 nitrogen and oxygen atoms in total. The Bertz CT molecular complexity index is 829. The molecular formula is C17H17N3O5S. The van der Waals surface area contributed by atoms with Gasteiger partial charge in [0.1, 0.15) is 5.69 Å². The lowest BCUT2D eigenvalue weighted by molar-refractivity contribution is -0.130. The number of aromatic amines is 1. The molecule has 3 rings (SSSR count). The third-order valence-corrected chi connectivity index (χ3v) is 4.74. The molecule has 0 spiro atoms. The number of aromatic nitrogens is 1. The van der Waals surface area contributed by atoms with Crippen LogP contribution in [0.2, 0.25) is 0 Å². The molecule has 1 aliphatic heterocycles. The van der Waals surface area contributed by atoms with Crippen LogP contribution in [0.5, 0.6) is 0 Å². The van der Waals surface area contributed by atoms with Gasteiger partial charge in [-0.15, -0.1) is 0 Å². The summed E-state index contributed by atoms with van der Waals surface area (Å²) < 4.78 is 5.16. The summed E-state index contributed by atoms with van der Waals surface area (Å²) in [7, 11) is 0. The number of hydrogen-bond acceptors (Lipinski definition) is 6. The van der Waals surface area contributed by atoms with Gasteiger partial charge >= 0.3 is 5.97 Å². The second-order valence-corrected chi connectivity index (χ2v) is 6.64. The summed E-state index contributed by atoms with van der Waals surface area (Å²) in [4.78, 5) is 51.1. The number of fused-ring (bicyclic) bond motifs is 1. The number of thioether (sulfide) groups is 1. The van der Waals surface area contributed by atoms with Crippen molar-refractivity contribution in [2.75, 3.05) is 18.8 Å². The highest BCUT2D eigenvalue weighted by molar-refractivity contribution is 8.14. The average molecular weight is 375 g/mol. The molecule has 1 atom stereocenters. The zero-order chi connectivity index (χ0) is 18.7. The van der Waals surface area contributed by atoms with Gasteiger partial charge in [0, 0.05) is 24.0 Å². The molecule has 3 amide bonds. The smallest absolute Gasteiger partial charge is 0.355 e. The third-order valence-electron chi connectivity index (χ3n) is 3.88. The highest BCUT2D eigenvalue weighted by Crippen LogP contribution is 2.18. The highest BCUT2D eigenvalue weighted by Gasteiger charge is 2.29. The lowest BCUT2D eigenvalue weighted by atomic mass is 10.2. The van der Waals surface area contributed by atoms with Gasteiger partial charge < -0.3 is 15.0 Å². The summed E-state index contributed by atoms with van der Waals surface area (Å²) in [5.74, 6) is -1.27. The van der Waals surface area contributed by atoms with Gasteiger partial charge in [0.05, 0.1) is 5.75 Å². The van der Waals surface area contributed by atoms with Gasteiger partial charge in [-0.2, -0.15) is 0 Å². The first kappa shape index (κ1) is 18.0. The molecule has 1 fully saturated rings.